The van der Waals surface area contributed by atoms with Crippen LogP contribution in [0.3, 0.4) is 0 Å². The van der Waals surface area contributed by atoms with Crippen LogP contribution < -0.4 is 5.73 Å². The van der Waals surface area contributed by atoms with Crippen molar-refractivity contribution in [1.29, 1.82) is 0 Å². The second-order valence-electron chi connectivity index (χ2n) is 5.00. The SMILES string of the molecule is C=CC[C@@H](N)c1ccc(C(C)(C)C)cc1.Cl. The van der Waals surface area contributed by atoms with E-state index in [4.69, 9.17) is 5.73 Å². The number of rotatable bonds is 3. The first-order valence-corrected chi connectivity index (χ1v) is 5.42. The molecule has 0 saturated heterocycles. The van der Waals surface area contributed by atoms with Crippen molar-refractivity contribution in [3.05, 3.63) is 48.0 Å². The van der Waals surface area contributed by atoms with Gasteiger partial charge < -0.3 is 5.73 Å². The molecule has 0 aliphatic rings. The van der Waals surface area contributed by atoms with Crippen LogP contribution in [-0.2, 0) is 5.41 Å². The van der Waals surface area contributed by atoms with Gasteiger partial charge in [-0.05, 0) is 23.0 Å². The highest BCUT2D eigenvalue weighted by Gasteiger charge is 2.13. The third kappa shape index (κ3) is 3.99. The number of hydrogen-bond donors (Lipinski definition) is 1. The normalized spacial score (nSPS) is 12.8. The number of halogens is 1. The van der Waals surface area contributed by atoms with Crippen molar-refractivity contribution in [2.24, 2.45) is 5.73 Å². The molecule has 0 unspecified atom stereocenters. The van der Waals surface area contributed by atoms with Crippen molar-refractivity contribution in [3.8, 4) is 0 Å². The van der Waals surface area contributed by atoms with Crippen molar-refractivity contribution in [3.63, 3.8) is 0 Å². The van der Waals surface area contributed by atoms with Gasteiger partial charge in [0.15, 0.2) is 0 Å². The quantitative estimate of drug-likeness (QED) is 0.794. The summed E-state index contributed by atoms with van der Waals surface area (Å²) in [5.41, 5.74) is 8.73. The first-order chi connectivity index (χ1) is 6.95. The minimum absolute atomic E-state index is 0. The first-order valence-electron chi connectivity index (χ1n) is 5.42. The molecular weight excluding hydrogens is 218 g/mol. The molecule has 0 aliphatic carbocycles. The molecule has 0 fully saturated rings. The fourth-order valence-electron chi connectivity index (χ4n) is 1.55. The molecule has 0 aromatic heterocycles. The number of hydrogen-bond acceptors (Lipinski definition) is 1. The lowest BCUT2D eigenvalue weighted by Crippen LogP contribution is -2.13. The van der Waals surface area contributed by atoms with Gasteiger partial charge in [-0.1, -0.05) is 51.1 Å². The van der Waals surface area contributed by atoms with Gasteiger partial charge in [0, 0.05) is 6.04 Å². The highest BCUT2D eigenvalue weighted by Crippen LogP contribution is 2.24. The Bertz CT molecular complexity index is 322. The van der Waals surface area contributed by atoms with Crippen molar-refractivity contribution in [2.75, 3.05) is 0 Å². The highest BCUT2D eigenvalue weighted by atomic mass is 35.5. The van der Waals surface area contributed by atoms with Crippen LogP contribution in [0.4, 0.5) is 0 Å². The topological polar surface area (TPSA) is 26.0 Å². The Balaban J connectivity index is 0.00000225. The Hall–Kier alpha value is -0.790. The first kappa shape index (κ1) is 15.2. The maximum atomic E-state index is 5.99. The van der Waals surface area contributed by atoms with E-state index in [1.165, 1.54) is 11.1 Å². The molecule has 1 nitrogen and oxygen atoms in total. The van der Waals surface area contributed by atoms with Crippen LogP contribution in [0.2, 0.25) is 0 Å². The smallest absolute Gasteiger partial charge is 0.0329 e. The number of nitrogens with two attached hydrogens (primary N) is 1. The molecule has 1 aromatic carbocycles. The molecule has 1 aromatic rings. The summed E-state index contributed by atoms with van der Waals surface area (Å²) in [5.74, 6) is 0. The summed E-state index contributed by atoms with van der Waals surface area (Å²) in [4.78, 5) is 0. The van der Waals surface area contributed by atoms with Crippen molar-refractivity contribution >= 4 is 12.4 Å². The predicted molar refractivity (Wildman–Crippen MR) is 74.1 cm³/mol. The predicted octanol–water partition coefficient (Wildman–Crippen LogP) is 3.98. The molecule has 0 heterocycles. The monoisotopic (exact) mass is 239 g/mol. The Labute approximate surface area is 105 Å². The standard InChI is InChI=1S/C14H21N.ClH/c1-5-6-13(15)11-7-9-12(10-8-11)14(2,3)4;/h5,7-10,13H,1,6,15H2,2-4H3;1H/t13-;/m1./s1. The van der Waals surface area contributed by atoms with Gasteiger partial charge in [-0.15, -0.1) is 19.0 Å². The van der Waals surface area contributed by atoms with Crippen LogP contribution in [0, 0.1) is 0 Å². The van der Waals surface area contributed by atoms with Gasteiger partial charge in [0.25, 0.3) is 0 Å². The molecule has 0 spiro atoms. The summed E-state index contributed by atoms with van der Waals surface area (Å²) in [6, 6.07) is 8.65. The molecule has 16 heavy (non-hydrogen) atoms. The number of benzene rings is 1. The van der Waals surface area contributed by atoms with E-state index in [-0.39, 0.29) is 23.9 Å². The van der Waals surface area contributed by atoms with Crippen molar-refractivity contribution in [1.82, 2.24) is 0 Å². The third-order valence-corrected chi connectivity index (χ3v) is 2.63. The fraction of sp³-hybridized carbons (Fsp3) is 0.429. The van der Waals surface area contributed by atoms with E-state index in [1.54, 1.807) is 0 Å². The highest BCUT2D eigenvalue weighted by molar-refractivity contribution is 5.85. The molecule has 0 saturated carbocycles. The fourth-order valence-corrected chi connectivity index (χ4v) is 1.55. The van der Waals surface area contributed by atoms with E-state index in [0.29, 0.717) is 0 Å². The summed E-state index contributed by atoms with van der Waals surface area (Å²) in [6.07, 6.45) is 2.69. The Kier molecular flexibility index (Phi) is 5.77. The second kappa shape index (κ2) is 6.07. The average molecular weight is 240 g/mol. The maximum absolute atomic E-state index is 5.99. The van der Waals surface area contributed by atoms with Crippen molar-refractivity contribution < 1.29 is 0 Å². The summed E-state index contributed by atoms with van der Waals surface area (Å²) in [6.45, 7) is 10.3. The Morgan fingerprint density at radius 1 is 1.25 bits per heavy atom. The van der Waals surface area contributed by atoms with E-state index < -0.39 is 0 Å². The van der Waals surface area contributed by atoms with Crippen LogP contribution in [0.5, 0.6) is 0 Å². The molecule has 1 rings (SSSR count). The summed E-state index contributed by atoms with van der Waals surface area (Å²) in [7, 11) is 0. The van der Waals surface area contributed by atoms with E-state index >= 15 is 0 Å². The van der Waals surface area contributed by atoms with Crippen LogP contribution in [0.25, 0.3) is 0 Å². The van der Waals surface area contributed by atoms with E-state index in [9.17, 15) is 0 Å². The summed E-state index contributed by atoms with van der Waals surface area (Å²) in [5, 5.41) is 0. The van der Waals surface area contributed by atoms with Gasteiger partial charge in [0.05, 0.1) is 0 Å². The second-order valence-corrected chi connectivity index (χ2v) is 5.00. The maximum Gasteiger partial charge on any atom is 0.0329 e. The zero-order valence-corrected chi connectivity index (χ0v) is 11.2. The van der Waals surface area contributed by atoms with Gasteiger partial charge in [-0.25, -0.2) is 0 Å². The van der Waals surface area contributed by atoms with E-state index in [0.717, 1.165) is 6.42 Å². The zero-order valence-electron chi connectivity index (χ0n) is 10.4. The van der Waals surface area contributed by atoms with Crippen LogP contribution in [-0.4, -0.2) is 0 Å². The lowest BCUT2D eigenvalue weighted by Gasteiger charge is -2.20. The van der Waals surface area contributed by atoms with Gasteiger partial charge in [0.1, 0.15) is 0 Å². The Morgan fingerprint density at radius 3 is 2.12 bits per heavy atom. The van der Waals surface area contributed by atoms with Crippen LogP contribution in [0.15, 0.2) is 36.9 Å². The molecule has 0 bridgehead atoms. The zero-order chi connectivity index (χ0) is 11.5. The summed E-state index contributed by atoms with van der Waals surface area (Å²) < 4.78 is 0. The van der Waals surface area contributed by atoms with Crippen LogP contribution in [0.1, 0.15) is 44.4 Å². The Morgan fingerprint density at radius 2 is 1.75 bits per heavy atom. The van der Waals surface area contributed by atoms with Crippen LogP contribution >= 0.6 is 12.4 Å². The average Bonchev–Trinajstić information content (AvgIpc) is 2.17. The molecule has 1 atom stereocenters. The summed E-state index contributed by atoms with van der Waals surface area (Å²) >= 11 is 0. The largest absolute Gasteiger partial charge is 0.324 e. The third-order valence-electron chi connectivity index (χ3n) is 2.63. The van der Waals surface area contributed by atoms with E-state index in [2.05, 4.69) is 51.6 Å². The molecule has 0 radical (unpaired) electrons. The minimum Gasteiger partial charge on any atom is -0.324 e. The van der Waals surface area contributed by atoms with Gasteiger partial charge in [-0.2, -0.15) is 0 Å². The lowest BCUT2D eigenvalue weighted by molar-refractivity contribution is 0.589. The lowest BCUT2D eigenvalue weighted by atomic mass is 9.86. The van der Waals surface area contributed by atoms with Gasteiger partial charge >= 0.3 is 0 Å². The van der Waals surface area contributed by atoms with Crippen molar-refractivity contribution in [2.45, 2.75) is 38.6 Å². The molecule has 0 amide bonds. The minimum atomic E-state index is 0. The molecular formula is C14H22ClN. The van der Waals surface area contributed by atoms with Gasteiger partial charge in [-0.3, -0.25) is 0 Å². The molecule has 2 heteroatoms. The molecule has 90 valence electrons. The van der Waals surface area contributed by atoms with Gasteiger partial charge in [0.2, 0.25) is 0 Å². The molecule has 0 aliphatic heterocycles. The van der Waals surface area contributed by atoms with E-state index in [1.807, 2.05) is 6.08 Å². The molecule has 2 N–H and O–H groups in total.